The highest BCUT2D eigenvalue weighted by Gasteiger charge is 2.37. The number of aliphatic hydroxyl groups is 1. The fraction of sp³-hybridized carbons (Fsp3) is 0.455. The van der Waals surface area contributed by atoms with E-state index in [4.69, 9.17) is 14.0 Å². The van der Waals surface area contributed by atoms with Gasteiger partial charge in [0.1, 0.15) is 0 Å². The number of benzene rings is 2. The van der Waals surface area contributed by atoms with Crippen LogP contribution in [0.5, 0.6) is 11.5 Å². The van der Waals surface area contributed by atoms with E-state index >= 15 is 0 Å². The molecule has 2 aromatic rings. The second-order valence-corrected chi connectivity index (χ2v) is 9.97. The van der Waals surface area contributed by atoms with Crippen LogP contribution in [0.15, 0.2) is 42.5 Å². The van der Waals surface area contributed by atoms with Crippen molar-refractivity contribution in [1.82, 2.24) is 0 Å². The van der Waals surface area contributed by atoms with E-state index in [1.54, 1.807) is 37.4 Å². The van der Waals surface area contributed by atoms with Gasteiger partial charge in [-0.05, 0) is 54.3 Å². The maximum Gasteiger partial charge on any atom is 0.264 e. The van der Waals surface area contributed by atoms with Crippen LogP contribution in [-0.2, 0) is 9.09 Å². The predicted molar refractivity (Wildman–Crippen MR) is 118 cm³/mol. The third-order valence-corrected chi connectivity index (χ3v) is 7.26. The first kappa shape index (κ1) is 23.3. The van der Waals surface area contributed by atoms with Crippen molar-refractivity contribution in [3.05, 3.63) is 48.0 Å². The average molecular weight is 421 g/mol. The van der Waals surface area contributed by atoms with E-state index in [2.05, 4.69) is 13.8 Å². The molecule has 0 saturated heterocycles. The van der Waals surface area contributed by atoms with E-state index in [0.29, 0.717) is 34.9 Å². The van der Waals surface area contributed by atoms with Crippen molar-refractivity contribution in [3.63, 3.8) is 0 Å². The molecule has 0 fully saturated rings. The fourth-order valence-electron chi connectivity index (χ4n) is 2.88. The van der Waals surface area contributed by atoms with Crippen LogP contribution < -0.4 is 19.7 Å². The monoisotopic (exact) mass is 421 g/mol. The van der Waals surface area contributed by atoms with Gasteiger partial charge in [0.25, 0.3) is 7.37 Å². The summed E-state index contributed by atoms with van der Waals surface area (Å²) in [6, 6.07) is 12.3. The topological polar surface area (TPSA) is 68.2 Å². The molecule has 2 aromatic carbocycles. The molecule has 160 valence electrons. The van der Waals surface area contributed by atoms with E-state index in [-0.39, 0.29) is 0 Å². The number of anilines is 1. The highest BCUT2D eigenvalue weighted by atomic mass is 31.2. The summed E-state index contributed by atoms with van der Waals surface area (Å²) >= 11 is 0. The SMILES string of the molecule is COc1ccc([C@@H](O)[P@@](=O)(OCCC(C)C)c2ccc(N(C)C)cc2)cc1OC. The molecule has 0 radical (unpaired) electrons. The first-order valence-electron chi connectivity index (χ1n) is 9.65. The molecule has 0 aromatic heterocycles. The summed E-state index contributed by atoms with van der Waals surface area (Å²) in [5, 5.41) is 11.6. The van der Waals surface area contributed by atoms with Gasteiger partial charge in [-0.3, -0.25) is 4.57 Å². The summed E-state index contributed by atoms with van der Waals surface area (Å²) in [5.74, 6) is 0.0764. The van der Waals surface area contributed by atoms with Gasteiger partial charge in [0, 0.05) is 25.1 Å². The van der Waals surface area contributed by atoms with Crippen molar-refractivity contribution < 1.29 is 23.7 Å². The van der Waals surface area contributed by atoms with Crippen molar-refractivity contribution in [2.75, 3.05) is 39.8 Å². The third kappa shape index (κ3) is 5.53. The van der Waals surface area contributed by atoms with E-state index in [0.717, 1.165) is 12.1 Å². The largest absolute Gasteiger partial charge is 0.493 e. The standard InChI is InChI=1S/C22H32NO5P/c1-16(2)13-14-28-29(25,19-10-8-18(9-11-19)23(3)4)22(24)17-7-12-20(26-5)21(15-17)27-6/h7-12,15-16,22,24H,13-14H2,1-6H3/t22-,29-/m0/s1. The zero-order chi connectivity index (χ0) is 21.6. The Morgan fingerprint density at radius 1 is 1.00 bits per heavy atom. The van der Waals surface area contributed by atoms with Crippen LogP contribution in [-0.4, -0.2) is 40.0 Å². The molecule has 0 aliphatic carbocycles. The molecule has 1 N–H and O–H groups in total. The molecule has 2 atom stereocenters. The van der Waals surface area contributed by atoms with E-state index in [9.17, 15) is 9.67 Å². The van der Waals surface area contributed by atoms with Crippen molar-refractivity contribution in [2.24, 2.45) is 5.92 Å². The average Bonchev–Trinajstić information content (AvgIpc) is 2.72. The number of ether oxygens (including phenoxy) is 2. The molecule has 6 nitrogen and oxygen atoms in total. The molecule has 0 unspecified atom stereocenters. The number of hydrogen-bond acceptors (Lipinski definition) is 6. The molecule has 0 bridgehead atoms. The second-order valence-electron chi connectivity index (χ2n) is 7.51. The minimum absolute atomic E-state index is 0.300. The molecule has 0 aliphatic heterocycles. The lowest BCUT2D eigenvalue weighted by Crippen LogP contribution is -2.17. The normalized spacial score (nSPS) is 14.3. The maximum atomic E-state index is 14.0. The fourth-order valence-corrected chi connectivity index (χ4v) is 4.95. The van der Waals surface area contributed by atoms with Crippen molar-refractivity contribution >= 4 is 18.4 Å². The van der Waals surface area contributed by atoms with Crippen LogP contribution in [0.4, 0.5) is 5.69 Å². The van der Waals surface area contributed by atoms with Gasteiger partial charge in [-0.15, -0.1) is 0 Å². The van der Waals surface area contributed by atoms with Crippen LogP contribution in [0.3, 0.4) is 0 Å². The Morgan fingerprint density at radius 2 is 1.62 bits per heavy atom. The molecule has 0 spiro atoms. The van der Waals surface area contributed by atoms with Gasteiger partial charge in [0.15, 0.2) is 17.3 Å². The second kappa shape index (κ2) is 10.1. The lowest BCUT2D eigenvalue weighted by Gasteiger charge is -2.26. The smallest absolute Gasteiger partial charge is 0.264 e. The van der Waals surface area contributed by atoms with Crippen molar-refractivity contribution in [3.8, 4) is 11.5 Å². The first-order chi connectivity index (χ1) is 13.7. The van der Waals surface area contributed by atoms with Gasteiger partial charge >= 0.3 is 0 Å². The number of nitrogens with zero attached hydrogens (tertiary/aromatic N) is 1. The molecule has 0 amide bonds. The quantitative estimate of drug-likeness (QED) is 0.573. The van der Waals surface area contributed by atoms with Gasteiger partial charge in [-0.1, -0.05) is 19.9 Å². The van der Waals surface area contributed by atoms with Crippen molar-refractivity contribution in [1.29, 1.82) is 0 Å². The Bertz CT molecular complexity index is 836. The zero-order valence-electron chi connectivity index (χ0n) is 18.1. The summed E-state index contributed by atoms with van der Waals surface area (Å²) in [7, 11) is 3.33. The van der Waals surface area contributed by atoms with Crippen LogP contribution in [0.2, 0.25) is 0 Å². The minimum Gasteiger partial charge on any atom is -0.493 e. The summed E-state index contributed by atoms with van der Waals surface area (Å²) in [5.41, 5.74) is 1.43. The van der Waals surface area contributed by atoms with Crippen LogP contribution in [0.25, 0.3) is 0 Å². The van der Waals surface area contributed by atoms with Crippen LogP contribution in [0, 0.1) is 5.92 Å². The molecule has 29 heavy (non-hydrogen) atoms. The Hall–Kier alpha value is -2.01. The van der Waals surface area contributed by atoms with Gasteiger partial charge in [-0.25, -0.2) is 0 Å². The number of rotatable bonds is 10. The van der Waals surface area contributed by atoms with E-state index in [1.165, 1.54) is 7.11 Å². The maximum absolute atomic E-state index is 14.0. The summed E-state index contributed by atoms with van der Waals surface area (Å²) in [6.07, 6.45) is 0.748. The summed E-state index contributed by atoms with van der Waals surface area (Å²) in [4.78, 5) is 1.96. The highest BCUT2D eigenvalue weighted by molar-refractivity contribution is 7.67. The van der Waals surface area contributed by atoms with Gasteiger partial charge in [0.05, 0.1) is 20.8 Å². The number of methoxy groups -OCH3 is 2. The van der Waals surface area contributed by atoms with Crippen molar-refractivity contribution in [2.45, 2.75) is 26.1 Å². The number of aliphatic hydroxyl groups excluding tert-OH is 1. The first-order valence-corrected chi connectivity index (χ1v) is 11.3. The Labute approximate surface area is 173 Å². The van der Waals surface area contributed by atoms with E-state index < -0.39 is 13.2 Å². The Balaban J connectivity index is 2.44. The van der Waals surface area contributed by atoms with Crippen LogP contribution >= 0.6 is 7.37 Å². The Morgan fingerprint density at radius 3 is 2.14 bits per heavy atom. The molecular formula is C22H32NO5P. The molecule has 0 aliphatic rings. The van der Waals surface area contributed by atoms with Gasteiger partial charge in [0.2, 0.25) is 0 Å². The van der Waals surface area contributed by atoms with Gasteiger partial charge < -0.3 is 24.0 Å². The lowest BCUT2D eigenvalue weighted by atomic mass is 10.2. The summed E-state index contributed by atoms with van der Waals surface area (Å²) < 4.78 is 30.5. The summed E-state index contributed by atoms with van der Waals surface area (Å²) in [6.45, 7) is 4.45. The lowest BCUT2D eigenvalue weighted by molar-refractivity contribution is 0.208. The third-order valence-electron chi connectivity index (χ3n) is 4.73. The highest BCUT2D eigenvalue weighted by Crippen LogP contribution is 2.58. The Kier molecular flexibility index (Phi) is 8.14. The molecule has 0 saturated carbocycles. The number of hydrogen-bond donors (Lipinski definition) is 1. The van der Waals surface area contributed by atoms with E-state index in [1.807, 2.05) is 31.1 Å². The minimum atomic E-state index is -3.60. The molecular weight excluding hydrogens is 389 g/mol. The van der Waals surface area contributed by atoms with Crippen LogP contribution in [0.1, 0.15) is 31.7 Å². The predicted octanol–water partition coefficient (Wildman–Crippen LogP) is 4.43. The molecule has 0 heterocycles. The zero-order valence-corrected chi connectivity index (χ0v) is 19.0. The van der Waals surface area contributed by atoms with Gasteiger partial charge in [-0.2, -0.15) is 0 Å². The molecule has 7 heteroatoms. The molecule has 2 rings (SSSR count).